The maximum absolute atomic E-state index is 11.9. The molecule has 6 heteroatoms. The lowest BCUT2D eigenvalue weighted by Crippen LogP contribution is -2.44. The highest BCUT2D eigenvalue weighted by Gasteiger charge is 2.45. The number of carboxylic acid groups (broad SMARTS) is 1. The Morgan fingerprint density at radius 1 is 1.20 bits per heavy atom. The summed E-state index contributed by atoms with van der Waals surface area (Å²) in [6, 6.07) is -0.892. The molecule has 0 radical (unpaired) electrons. The molecule has 2 rings (SSSR count). The average molecular weight is 233 g/mol. The number of hydrogen-bond acceptors (Lipinski definition) is 3. The van der Waals surface area contributed by atoms with E-state index < -0.39 is 22.0 Å². The number of aliphatic carboxylic acids is 1. The minimum absolute atomic E-state index is 0.0707. The van der Waals surface area contributed by atoms with Gasteiger partial charge in [-0.3, -0.25) is 4.79 Å². The lowest BCUT2D eigenvalue weighted by molar-refractivity contribution is -0.140. The molecule has 2 atom stereocenters. The monoisotopic (exact) mass is 233 g/mol. The van der Waals surface area contributed by atoms with Gasteiger partial charge in [-0.05, 0) is 25.7 Å². The summed E-state index contributed by atoms with van der Waals surface area (Å²) in [6.45, 7) is 0. The average Bonchev–Trinajstić information content (AvgIpc) is 2.51. The van der Waals surface area contributed by atoms with Crippen LogP contribution in [0, 0.1) is 0 Å². The zero-order chi connectivity index (χ0) is 11.1. The third-order valence-corrected chi connectivity index (χ3v) is 5.24. The molecule has 2 aliphatic heterocycles. The fourth-order valence-corrected chi connectivity index (χ4v) is 4.58. The molecule has 0 amide bonds. The van der Waals surface area contributed by atoms with Crippen LogP contribution in [0.1, 0.15) is 32.1 Å². The number of rotatable bonds is 1. The van der Waals surface area contributed by atoms with E-state index in [0.29, 0.717) is 19.3 Å². The summed E-state index contributed by atoms with van der Waals surface area (Å²) in [5.41, 5.74) is 0. The Morgan fingerprint density at radius 3 is 2.60 bits per heavy atom. The first-order chi connectivity index (χ1) is 7.02. The summed E-state index contributed by atoms with van der Waals surface area (Å²) >= 11 is 0. The van der Waals surface area contributed by atoms with Crippen molar-refractivity contribution in [3.8, 4) is 0 Å². The van der Waals surface area contributed by atoms with E-state index in [0.717, 1.165) is 12.8 Å². The van der Waals surface area contributed by atoms with Gasteiger partial charge in [0.25, 0.3) is 0 Å². The molecule has 86 valence electrons. The largest absolute Gasteiger partial charge is 0.480 e. The van der Waals surface area contributed by atoms with E-state index in [1.807, 2.05) is 0 Å². The van der Waals surface area contributed by atoms with Gasteiger partial charge in [0.1, 0.15) is 6.04 Å². The molecule has 0 aromatic carbocycles. The van der Waals surface area contributed by atoms with E-state index in [1.165, 1.54) is 4.31 Å². The van der Waals surface area contributed by atoms with E-state index >= 15 is 0 Å². The minimum Gasteiger partial charge on any atom is -0.480 e. The summed E-state index contributed by atoms with van der Waals surface area (Å²) in [5.74, 6) is -0.907. The first kappa shape index (κ1) is 10.9. The molecule has 2 saturated heterocycles. The van der Waals surface area contributed by atoms with Crippen LogP contribution in [0.25, 0.3) is 0 Å². The van der Waals surface area contributed by atoms with E-state index in [1.54, 1.807) is 0 Å². The summed E-state index contributed by atoms with van der Waals surface area (Å²) in [5, 5.41) is 8.97. The van der Waals surface area contributed by atoms with Crippen molar-refractivity contribution in [2.45, 2.75) is 44.2 Å². The van der Waals surface area contributed by atoms with Gasteiger partial charge in [0, 0.05) is 6.04 Å². The van der Waals surface area contributed by atoms with Crippen molar-refractivity contribution in [2.75, 3.05) is 5.75 Å². The Balaban J connectivity index is 2.33. The lowest BCUT2D eigenvalue weighted by Gasteiger charge is -2.24. The highest BCUT2D eigenvalue weighted by atomic mass is 32.2. The number of sulfonamides is 1. The predicted molar refractivity (Wildman–Crippen MR) is 53.9 cm³/mol. The zero-order valence-corrected chi connectivity index (χ0v) is 9.24. The molecule has 0 aliphatic carbocycles. The molecule has 0 aromatic rings. The molecule has 0 bridgehead atoms. The van der Waals surface area contributed by atoms with Crippen LogP contribution in [0.3, 0.4) is 0 Å². The second-order valence-corrected chi connectivity index (χ2v) is 6.22. The van der Waals surface area contributed by atoms with Crippen LogP contribution in [-0.2, 0) is 14.8 Å². The third kappa shape index (κ3) is 1.88. The van der Waals surface area contributed by atoms with Gasteiger partial charge in [0.15, 0.2) is 0 Å². The van der Waals surface area contributed by atoms with Crippen molar-refractivity contribution in [2.24, 2.45) is 0 Å². The third-order valence-electron chi connectivity index (χ3n) is 3.24. The van der Waals surface area contributed by atoms with Crippen LogP contribution in [-0.4, -0.2) is 41.6 Å². The van der Waals surface area contributed by atoms with E-state index in [9.17, 15) is 13.2 Å². The molecule has 15 heavy (non-hydrogen) atoms. The molecule has 5 nitrogen and oxygen atoms in total. The second-order valence-electron chi connectivity index (χ2n) is 4.23. The van der Waals surface area contributed by atoms with E-state index in [4.69, 9.17) is 5.11 Å². The smallest absolute Gasteiger partial charge is 0.322 e. The predicted octanol–water partition coefficient (Wildman–Crippen LogP) is 0.418. The lowest BCUT2D eigenvalue weighted by atomic mass is 10.1. The van der Waals surface area contributed by atoms with Crippen molar-refractivity contribution in [3.05, 3.63) is 0 Å². The van der Waals surface area contributed by atoms with Crippen LogP contribution in [0.5, 0.6) is 0 Å². The summed E-state index contributed by atoms with van der Waals surface area (Å²) in [7, 11) is -3.34. The van der Waals surface area contributed by atoms with Crippen molar-refractivity contribution < 1.29 is 18.3 Å². The maximum Gasteiger partial charge on any atom is 0.322 e. The summed E-state index contributed by atoms with van der Waals surface area (Å²) in [4.78, 5) is 11.0. The Kier molecular flexibility index (Phi) is 2.72. The molecular formula is C9H15NO4S. The Morgan fingerprint density at radius 2 is 1.93 bits per heavy atom. The number of carbonyl (C=O) groups is 1. The van der Waals surface area contributed by atoms with Gasteiger partial charge in [0.2, 0.25) is 10.0 Å². The second kappa shape index (κ2) is 3.75. The van der Waals surface area contributed by atoms with Crippen molar-refractivity contribution in [1.82, 2.24) is 4.31 Å². The fourth-order valence-electron chi connectivity index (χ4n) is 2.55. The van der Waals surface area contributed by atoms with Gasteiger partial charge >= 0.3 is 5.97 Å². The van der Waals surface area contributed by atoms with E-state index in [-0.39, 0.29) is 11.8 Å². The van der Waals surface area contributed by atoms with Crippen molar-refractivity contribution in [3.63, 3.8) is 0 Å². The van der Waals surface area contributed by atoms with Gasteiger partial charge in [-0.2, -0.15) is 4.31 Å². The molecule has 0 saturated carbocycles. The zero-order valence-electron chi connectivity index (χ0n) is 8.42. The number of fused-ring (bicyclic) bond motifs is 1. The summed E-state index contributed by atoms with van der Waals surface area (Å²) < 4.78 is 25.0. The first-order valence-corrected chi connectivity index (χ1v) is 6.87. The van der Waals surface area contributed by atoms with Crippen molar-refractivity contribution in [1.29, 1.82) is 0 Å². The maximum atomic E-state index is 11.9. The van der Waals surface area contributed by atoms with Gasteiger partial charge in [-0.1, -0.05) is 6.42 Å². The molecule has 2 heterocycles. The molecule has 0 unspecified atom stereocenters. The number of hydrogen-bond donors (Lipinski definition) is 1. The first-order valence-electron chi connectivity index (χ1n) is 5.26. The van der Waals surface area contributed by atoms with E-state index in [2.05, 4.69) is 0 Å². The minimum atomic E-state index is -3.34. The highest BCUT2D eigenvalue weighted by molar-refractivity contribution is 7.89. The van der Waals surface area contributed by atoms with Gasteiger partial charge < -0.3 is 5.11 Å². The standard InChI is InChI=1S/C9H15NO4S/c11-9(12)8-5-4-7-3-1-2-6-15(13,14)10(7)8/h7-8H,1-6H2,(H,11,12)/t7-,8+/m1/s1. The molecule has 0 spiro atoms. The normalized spacial score (nSPS) is 35.7. The Hall–Kier alpha value is -0.620. The number of carboxylic acids is 1. The highest BCUT2D eigenvalue weighted by Crippen LogP contribution is 2.33. The van der Waals surface area contributed by atoms with Gasteiger partial charge in [-0.25, -0.2) is 8.42 Å². The molecule has 2 aliphatic rings. The van der Waals surface area contributed by atoms with Crippen LogP contribution in [0.15, 0.2) is 0 Å². The quantitative estimate of drug-likeness (QED) is 0.712. The van der Waals surface area contributed by atoms with Gasteiger partial charge in [0.05, 0.1) is 5.75 Å². The topological polar surface area (TPSA) is 74.7 Å². The molecular weight excluding hydrogens is 218 g/mol. The van der Waals surface area contributed by atoms with Crippen LogP contribution in [0.2, 0.25) is 0 Å². The van der Waals surface area contributed by atoms with Crippen LogP contribution >= 0.6 is 0 Å². The molecule has 2 fully saturated rings. The van der Waals surface area contributed by atoms with Crippen molar-refractivity contribution >= 4 is 16.0 Å². The number of nitrogens with zero attached hydrogens (tertiary/aromatic N) is 1. The molecule has 1 N–H and O–H groups in total. The molecule has 0 aromatic heterocycles. The van der Waals surface area contributed by atoms with Gasteiger partial charge in [-0.15, -0.1) is 0 Å². The van der Waals surface area contributed by atoms with Crippen LogP contribution in [0.4, 0.5) is 0 Å². The summed E-state index contributed by atoms with van der Waals surface area (Å²) in [6.07, 6.45) is 3.49. The Bertz CT molecular complexity index is 364. The SMILES string of the molecule is O=C(O)[C@@H]1CC[C@H]2CCCCS(=O)(=O)N21. The fraction of sp³-hybridized carbons (Fsp3) is 0.889. The van der Waals surface area contributed by atoms with Crippen LogP contribution < -0.4 is 0 Å². The Labute approximate surface area is 89.1 Å².